The van der Waals surface area contributed by atoms with E-state index in [2.05, 4.69) is 18.4 Å². The molecular weight excluding hydrogens is 234 g/mol. The van der Waals surface area contributed by atoms with Crippen LogP contribution in [0.4, 0.5) is 0 Å². The van der Waals surface area contributed by atoms with Gasteiger partial charge in [0.25, 0.3) is 10.1 Å². The van der Waals surface area contributed by atoms with Crippen LogP contribution in [0, 0.1) is 13.8 Å². The Labute approximate surface area is 94.3 Å². The Morgan fingerprint density at radius 2 is 2.07 bits per heavy atom. The van der Waals surface area contributed by atoms with Crippen molar-refractivity contribution in [2.75, 3.05) is 5.75 Å². The molecule has 0 unspecified atom stereocenters. The summed E-state index contributed by atoms with van der Waals surface area (Å²) in [6.45, 7) is 4.93. The summed E-state index contributed by atoms with van der Waals surface area (Å²) >= 11 is 1.69. The molecule has 1 rings (SSSR count). The van der Waals surface area contributed by atoms with Crippen LogP contribution in [0.15, 0.2) is 5.51 Å². The number of aromatic nitrogens is 1. The van der Waals surface area contributed by atoms with E-state index >= 15 is 0 Å². The Balaban J connectivity index is 2.36. The van der Waals surface area contributed by atoms with Gasteiger partial charge in [0.2, 0.25) is 5.51 Å². The molecule has 86 valence electrons. The average molecular weight is 250 g/mol. The lowest BCUT2D eigenvalue weighted by Crippen LogP contribution is -2.34. The highest BCUT2D eigenvalue weighted by atomic mass is 32.2. The third kappa shape index (κ3) is 4.27. The van der Waals surface area contributed by atoms with Crippen LogP contribution in [0.3, 0.4) is 0 Å². The zero-order valence-electron chi connectivity index (χ0n) is 8.93. The van der Waals surface area contributed by atoms with E-state index < -0.39 is 10.1 Å². The number of unbranched alkanes of at least 4 members (excludes halogenated alkanes) is 1. The largest absolute Gasteiger partial charge is 0.286 e. The van der Waals surface area contributed by atoms with E-state index in [1.807, 2.05) is 5.51 Å². The summed E-state index contributed by atoms with van der Waals surface area (Å²) in [6.07, 6.45) is 1.27. The van der Waals surface area contributed by atoms with Crippen molar-refractivity contribution in [3.8, 4) is 0 Å². The molecule has 0 radical (unpaired) electrons. The van der Waals surface area contributed by atoms with Crippen molar-refractivity contribution >= 4 is 21.5 Å². The van der Waals surface area contributed by atoms with Gasteiger partial charge >= 0.3 is 0 Å². The fourth-order valence-corrected chi connectivity index (χ4v) is 2.70. The van der Waals surface area contributed by atoms with Gasteiger partial charge in [-0.3, -0.25) is 4.55 Å². The number of thiazole rings is 1. The maximum atomic E-state index is 10.5. The molecule has 0 bridgehead atoms. The number of hydrogen-bond donors (Lipinski definition) is 1. The van der Waals surface area contributed by atoms with Crippen molar-refractivity contribution < 1.29 is 17.5 Å². The van der Waals surface area contributed by atoms with Crippen molar-refractivity contribution in [3.63, 3.8) is 0 Å². The zero-order valence-corrected chi connectivity index (χ0v) is 10.6. The lowest BCUT2D eigenvalue weighted by atomic mass is 10.3. The molecule has 0 aromatic carbocycles. The second-order valence-electron chi connectivity index (χ2n) is 3.55. The molecule has 1 aromatic heterocycles. The van der Waals surface area contributed by atoms with Crippen LogP contribution >= 0.6 is 11.3 Å². The van der Waals surface area contributed by atoms with E-state index in [-0.39, 0.29) is 5.75 Å². The quantitative estimate of drug-likeness (QED) is 0.487. The van der Waals surface area contributed by atoms with E-state index in [0.29, 0.717) is 6.42 Å². The molecule has 15 heavy (non-hydrogen) atoms. The summed E-state index contributed by atoms with van der Waals surface area (Å²) < 4.78 is 31.6. The lowest BCUT2D eigenvalue weighted by molar-refractivity contribution is -0.698. The average Bonchev–Trinajstić information content (AvgIpc) is 2.42. The normalized spacial score (nSPS) is 11.9. The summed E-state index contributed by atoms with van der Waals surface area (Å²) in [5.74, 6) is -0.143. The molecule has 0 aliphatic carbocycles. The fraction of sp³-hybridized carbons (Fsp3) is 0.667. The number of rotatable bonds is 5. The molecule has 0 aliphatic rings. The van der Waals surface area contributed by atoms with Gasteiger partial charge in [0.05, 0.1) is 10.6 Å². The lowest BCUT2D eigenvalue weighted by Gasteiger charge is -1.96. The third-order valence-electron chi connectivity index (χ3n) is 2.35. The van der Waals surface area contributed by atoms with Gasteiger partial charge in [-0.05, 0) is 13.3 Å². The monoisotopic (exact) mass is 250 g/mol. The van der Waals surface area contributed by atoms with E-state index in [1.165, 1.54) is 10.6 Å². The molecule has 4 nitrogen and oxygen atoms in total. The van der Waals surface area contributed by atoms with Crippen LogP contribution in [0.5, 0.6) is 0 Å². The Morgan fingerprint density at radius 3 is 2.53 bits per heavy atom. The van der Waals surface area contributed by atoms with Gasteiger partial charge in [-0.15, -0.1) is 0 Å². The molecule has 0 saturated heterocycles. The molecule has 0 spiro atoms. The van der Waals surface area contributed by atoms with Crippen LogP contribution in [0.2, 0.25) is 0 Å². The van der Waals surface area contributed by atoms with E-state index in [0.717, 1.165) is 13.0 Å². The third-order valence-corrected chi connectivity index (χ3v) is 4.16. The highest BCUT2D eigenvalue weighted by molar-refractivity contribution is 7.85. The van der Waals surface area contributed by atoms with E-state index in [4.69, 9.17) is 4.55 Å². The molecule has 0 amide bonds. The van der Waals surface area contributed by atoms with Gasteiger partial charge in [0.15, 0.2) is 5.69 Å². The smallest absolute Gasteiger partial charge is 0.264 e. The summed E-state index contributed by atoms with van der Waals surface area (Å²) in [4.78, 5) is 1.28. The molecule has 0 aliphatic heterocycles. The molecule has 0 atom stereocenters. The minimum atomic E-state index is -3.79. The minimum Gasteiger partial charge on any atom is -0.286 e. The van der Waals surface area contributed by atoms with E-state index in [1.54, 1.807) is 11.3 Å². The fourth-order valence-electron chi connectivity index (χ4n) is 1.30. The second-order valence-corrected chi connectivity index (χ2v) is 6.18. The Bertz CT molecular complexity index is 423. The van der Waals surface area contributed by atoms with Crippen molar-refractivity contribution in [1.82, 2.24) is 0 Å². The molecule has 1 N–H and O–H groups in total. The molecular formula is C9H16NO3S2+. The maximum absolute atomic E-state index is 10.5. The number of nitrogens with zero attached hydrogens (tertiary/aromatic N) is 1. The summed E-state index contributed by atoms with van der Waals surface area (Å²) in [5.41, 5.74) is 3.27. The summed E-state index contributed by atoms with van der Waals surface area (Å²) in [5, 5.41) is 0. The van der Waals surface area contributed by atoms with Gasteiger partial charge < -0.3 is 0 Å². The standard InChI is InChI=1S/C9H15NO3S2/c1-8-9(2)14-7-10(8)5-3-4-6-15(11,12)13/h7H,3-6H2,1-2H3/p+1. The summed E-state index contributed by atoms with van der Waals surface area (Å²) in [7, 11) is -3.79. The topological polar surface area (TPSA) is 58.2 Å². The van der Waals surface area contributed by atoms with Gasteiger partial charge in [-0.2, -0.15) is 13.0 Å². The minimum absolute atomic E-state index is 0.143. The highest BCUT2D eigenvalue weighted by Gasteiger charge is 2.11. The van der Waals surface area contributed by atoms with Crippen LogP contribution < -0.4 is 4.57 Å². The predicted octanol–water partition coefficient (Wildman–Crippen LogP) is 1.32. The van der Waals surface area contributed by atoms with Crippen LogP contribution in [0.1, 0.15) is 23.4 Å². The first-order valence-corrected chi connectivity index (χ1v) is 7.28. The summed E-state index contributed by atoms with van der Waals surface area (Å²) in [6, 6.07) is 0. The van der Waals surface area contributed by atoms with E-state index in [9.17, 15) is 8.42 Å². The van der Waals surface area contributed by atoms with Crippen molar-refractivity contribution in [3.05, 3.63) is 16.1 Å². The van der Waals surface area contributed by atoms with Crippen LogP contribution in [-0.2, 0) is 16.7 Å². The maximum Gasteiger partial charge on any atom is 0.264 e. The van der Waals surface area contributed by atoms with Gasteiger partial charge in [-0.25, -0.2) is 0 Å². The molecule has 1 heterocycles. The first-order valence-electron chi connectivity index (χ1n) is 4.79. The SMILES string of the molecule is Cc1sc[n+](CCCCS(=O)(=O)O)c1C. The molecule has 6 heteroatoms. The first-order chi connectivity index (χ1) is 6.90. The van der Waals surface area contributed by atoms with Crippen molar-refractivity contribution in [2.24, 2.45) is 0 Å². The Kier molecular flexibility index (Phi) is 4.24. The Hall–Kier alpha value is -0.460. The number of aryl methyl sites for hydroxylation is 2. The zero-order chi connectivity index (χ0) is 11.5. The van der Waals surface area contributed by atoms with Gasteiger partial charge in [0.1, 0.15) is 6.54 Å². The number of hydrogen-bond acceptors (Lipinski definition) is 3. The van der Waals surface area contributed by atoms with Gasteiger partial charge in [-0.1, -0.05) is 11.3 Å². The Morgan fingerprint density at radius 1 is 1.40 bits per heavy atom. The molecule has 0 fully saturated rings. The second kappa shape index (κ2) is 5.05. The van der Waals surface area contributed by atoms with Gasteiger partial charge in [0, 0.05) is 13.3 Å². The van der Waals surface area contributed by atoms with Crippen LogP contribution in [0.25, 0.3) is 0 Å². The first kappa shape index (κ1) is 12.6. The van der Waals surface area contributed by atoms with Crippen molar-refractivity contribution in [1.29, 1.82) is 0 Å². The molecule has 0 saturated carbocycles. The molecule has 1 aromatic rings. The van der Waals surface area contributed by atoms with Crippen molar-refractivity contribution in [2.45, 2.75) is 33.2 Å². The van der Waals surface area contributed by atoms with Crippen LogP contribution in [-0.4, -0.2) is 18.7 Å². The highest BCUT2D eigenvalue weighted by Crippen LogP contribution is 2.08. The predicted molar refractivity (Wildman–Crippen MR) is 59.6 cm³/mol.